The van der Waals surface area contributed by atoms with Crippen LogP contribution in [0.25, 0.3) is 5.69 Å². The molecule has 1 amide bonds. The first-order valence-corrected chi connectivity index (χ1v) is 8.57. The molecule has 1 aromatic heterocycles. The number of carbonyl (C=O) groups is 1. The zero-order valence-corrected chi connectivity index (χ0v) is 16.5. The average molecular weight is 363 g/mol. The van der Waals surface area contributed by atoms with Crippen molar-refractivity contribution in [1.29, 1.82) is 0 Å². The summed E-state index contributed by atoms with van der Waals surface area (Å²) in [6, 6.07) is 6.12. The lowest BCUT2D eigenvalue weighted by Crippen LogP contribution is -2.45. The number of amides is 1. The number of aromatic nitrogens is 4. The smallest absolute Gasteiger partial charge is 0.234 e. The molecule has 0 saturated carbocycles. The third kappa shape index (κ3) is 5.20. The predicted octanol–water partition coefficient (Wildman–Crippen LogP) is 2.22. The summed E-state index contributed by atoms with van der Waals surface area (Å²) in [6.07, 6.45) is 0. The SMILES string of the molecule is Cc1ccc(C)c(-n2nnn(CN(C)CC(=O)NC(C)(C)C)c2=S)c1. The first-order chi connectivity index (χ1) is 11.6. The zero-order chi connectivity index (χ0) is 18.8. The molecule has 0 atom stereocenters. The van der Waals surface area contributed by atoms with E-state index in [4.69, 9.17) is 12.2 Å². The molecule has 0 fully saturated rings. The molecule has 136 valence electrons. The summed E-state index contributed by atoms with van der Waals surface area (Å²) < 4.78 is 3.76. The molecule has 0 spiro atoms. The number of likely N-dealkylation sites (N-methyl/N-ethyl adjacent to an activating group) is 1. The molecule has 1 N–H and O–H groups in total. The van der Waals surface area contributed by atoms with Gasteiger partial charge >= 0.3 is 0 Å². The van der Waals surface area contributed by atoms with Crippen LogP contribution in [-0.2, 0) is 11.5 Å². The highest BCUT2D eigenvalue weighted by Gasteiger charge is 2.16. The van der Waals surface area contributed by atoms with Crippen LogP contribution in [0, 0.1) is 18.6 Å². The summed E-state index contributed by atoms with van der Waals surface area (Å²) in [5.74, 6) is -0.0385. The Bertz CT molecular complexity index is 817. The highest BCUT2D eigenvalue weighted by Crippen LogP contribution is 2.15. The van der Waals surface area contributed by atoms with E-state index < -0.39 is 0 Å². The van der Waals surface area contributed by atoms with E-state index in [9.17, 15) is 4.79 Å². The van der Waals surface area contributed by atoms with Crippen LogP contribution in [0.5, 0.6) is 0 Å². The first-order valence-electron chi connectivity index (χ1n) is 8.17. The van der Waals surface area contributed by atoms with Gasteiger partial charge in [-0.2, -0.15) is 4.68 Å². The van der Waals surface area contributed by atoms with Gasteiger partial charge < -0.3 is 5.32 Å². The van der Waals surface area contributed by atoms with Crippen LogP contribution in [0.15, 0.2) is 18.2 Å². The quantitative estimate of drug-likeness (QED) is 0.826. The van der Waals surface area contributed by atoms with Crippen LogP contribution in [-0.4, -0.2) is 49.7 Å². The number of benzene rings is 1. The highest BCUT2D eigenvalue weighted by molar-refractivity contribution is 7.71. The van der Waals surface area contributed by atoms with Crippen LogP contribution in [0.2, 0.25) is 0 Å². The van der Waals surface area contributed by atoms with E-state index in [1.54, 1.807) is 9.36 Å². The lowest BCUT2D eigenvalue weighted by molar-refractivity contribution is -0.123. The molecule has 0 saturated heterocycles. The molecular formula is C17H26N6OS. The molecule has 0 bridgehead atoms. The Kier molecular flexibility index (Phi) is 5.74. The molecule has 2 aromatic rings. The Morgan fingerprint density at radius 2 is 1.96 bits per heavy atom. The van der Waals surface area contributed by atoms with Crippen molar-refractivity contribution in [2.45, 2.75) is 46.8 Å². The van der Waals surface area contributed by atoms with Crippen molar-refractivity contribution >= 4 is 18.1 Å². The van der Waals surface area contributed by atoms with E-state index in [0.717, 1.165) is 16.8 Å². The lowest BCUT2D eigenvalue weighted by atomic mass is 10.1. The molecule has 0 radical (unpaired) electrons. The number of carbonyl (C=O) groups excluding carboxylic acids is 1. The monoisotopic (exact) mass is 362 g/mol. The van der Waals surface area contributed by atoms with E-state index in [2.05, 4.69) is 21.8 Å². The first kappa shape index (κ1) is 19.3. The minimum Gasteiger partial charge on any atom is -0.350 e. The maximum Gasteiger partial charge on any atom is 0.234 e. The molecule has 0 aliphatic carbocycles. The van der Waals surface area contributed by atoms with Crippen molar-refractivity contribution in [2.24, 2.45) is 0 Å². The van der Waals surface area contributed by atoms with Crippen molar-refractivity contribution in [2.75, 3.05) is 13.6 Å². The molecule has 8 heteroatoms. The molecule has 0 aliphatic heterocycles. The van der Waals surface area contributed by atoms with Crippen molar-refractivity contribution in [3.63, 3.8) is 0 Å². The van der Waals surface area contributed by atoms with E-state index in [-0.39, 0.29) is 18.0 Å². The highest BCUT2D eigenvalue weighted by atomic mass is 32.1. The van der Waals surface area contributed by atoms with E-state index >= 15 is 0 Å². The maximum atomic E-state index is 12.0. The minimum absolute atomic E-state index is 0.0385. The molecule has 1 aromatic carbocycles. The Hall–Kier alpha value is -2.06. The fourth-order valence-electron chi connectivity index (χ4n) is 2.44. The average Bonchev–Trinajstić information content (AvgIpc) is 2.80. The van der Waals surface area contributed by atoms with Crippen molar-refractivity contribution in [3.05, 3.63) is 34.1 Å². The normalized spacial score (nSPS) is 11.8. The van der Waals surface area contributed by atoms with E-state index in [0.29, 0.717) is 11.4 Å². The topological polar surface area (TPSA) is 68.0 Å². The van der Waals surface area contributed by atoms with Crippen LogP contribution in [0.1, 0.15) is 31.9 Å². The second kappa shape index (κ2) is 7.45. The summed E-state index contributed by atoms with van der Waals surface area (Å²) in [6.45, 7) is 10.6. The zero-order valence-electron chi connectivity index (χ0n) is 15.7. The summed E-state index contributed by atoms with van der Waals surface area (Å²) in [5.41, 5.74) is 2.88. The Balaban J connectivity index is 2.12. The fourth-order valence-corrected chi connectivity index (χ4v) is 2.67. The third-order valence-corrected chi connectivity index (χ3v) is 3.92. The number of rotatable bonds is 5. The van der Waals surface area contributed by atoms with Gasteiger partial charge in [0.1, 0.15) is 0 Å². The van der Waals surface area contributed by atoms with Crippen molar-refractivity contribution < 1.29 is 4.79 Å². The van der Waals surface area contributed by atoms with Crippen LogP contribution in [0.4, 0.5) is 0 Å². The van der Waals surface area contributed by atoms with Gasteiger partial charge in [-0.25, -0.2) is 4.68 Å². The summed E-state index contributed by atoms with van der Waals surface area (Å²) in [5, 5.41) is 11.3. The molecule has 2 rings (SSSR count). The van der Waals surface area contributed by atoms with Gasteiger partial charge in [0.25, 0.3) is 0 Å². The van der Waals surface area contributed by atoms with Crippen LogP contribution in [0.3, 0.4) is 0 Å². The number of tetrazole rings is 1. The predicted molar refractivity (Wildman–Crippen MR) is 100 cm³/mol. The maximum absolute atomic E-state index is 12.0. The van der Waals surface area contributed by atoms with E-state index in [1.807, 2.05) is 58.7 Å². The van der Waals surface area contributed by atoms with Gasteiger partial charge in [-0.1, -0.05) is 12.1 Å². The minimum atomic E-state index is -0.250. The van der Waals surface area contributed by atoms with Gasteiger partial charge in [0.15, 0.2) is 0 Å². The fraction of sp³-hybridized carbons (Fsp3) is 0.529. The number of hydrogen-bond donors (Lipinski definition) is 1. The van der Waals surface area contributed by atoms with Gasteiger partial charge in [-0.05, 0) is 81.5 Å². The number of aryl methyl sites for hydroxylation is 2. The second-order valence-electron chi connectivity index (χ2n) is 7.42. The lowest BCUT2D eigenvalue weighted by Gasteiger charge is -2.23. The third-order valence-electron chi connectivity index (χ3n) is 3.54. The number of nitrogens with one attached hydrogen (secondary N) is 1. The largest absolute Gasteiger partial charge is 0.350 e. The van der Waals surface area contributed by atoms with E-state index in [1.165, 1.54) is 0 Å². The molecule has 0 aliphatic rings. The van der Waals surface area contributed by atoms with Crippen molar-refractivity contribution in [1.82, 2.24) is 30.0 Å². The molecule has 7 nitrogen and oxygen atoms in total. The number of nitrogens with zero attached hydrogens (tertiary/aromatic N) is 5. The van der Waals surface area contributed by atoms with Gasteiger partial charge in [0.2, 0.25) is 10.7 Å². The Morgan fingerprint density at radius 1 is 1.28 bits per heavy atom. The van der Waals surface area contributed by atoms with Gasteiger partial charge in [0.05, 0.1) is 18.9 Å². The Labute approximate surface area is 153 Å². The van der Waals surface area contributed by atoms with Crippen LogP contribution < -0.4 is 5.32 Å². The Morgan fingerprint density at radius 3 is 2.60 bits per heavy atom. The van der Waals surface area contributed by atoms with Crippen molar-refractivity contribution in [3.8, 4) is 5.69 Å². The van der Waals surface area contributed by atoms with Gasteiger partial charge in [-0.3, -0.25) is 9.69 Å². The summed E-state index contributed by atoms with van der Waals surface area (Å²) in [4.78, 5) is 13.9. The second-order valence-corrected chi connectivity index (χ2v) is 7.78. The van der Waals surface area contributed by atoms with Crippen LogP contribution >= 0.6 is 12.2 Å². The number of hydrogen-bond acceptors (Lipinski definition) is 5. The molecule has 0 unspecified atom stereocenters. The van der Waals surface area contributed by atoms with Gasteiger partial charge in [0, 0.05) is 5.54 Å². The standard InChI is InChI=1S/C17H26N6OS/c1-12-7-8-13(2)14(9-12)23-16(25)22(19-20-23)11-21(6)10-15(24)18-17(3,4)5/h7-9H,10-11H2,1-6H3,(H,18,24). The molecule has 25 heavy (non-hydrogen) atoms. The molecule has 1 heterocycles. The molecular weight excluding hydrogens is 336 g/mol. The summed E-state index contributed by atoms with van der Waals surface area (Å²) >= 11 is 5.50. The van der Waals surface area contributed by atoms with Gasteiger partial charge in [-0.15, -0.1) is 0 Å². The summed E-state index contributed by atoms with van der Waals surface area (Å²) in [7, 11) is 1.85.